The van der Waals surface area contributed by atoms with Crippen molar-refractivity contribution in [2.45, 2.75) is 77.0 Å². The van der Waals surface area contributed by atoms with Crippen LogP contribution in [0.1, 0.15) is 77.0 Å². The largest absolute Gasteiger partial charge is 0.369 e. The number of primary amides is 1. The number of nitrogens with zero attached hydrogens (tertiary/aromatic N) is 1. The van der Waals surface area contributed by atoms with Crippen molar-refractivity contribution in [2.75, 3.05) is 13.1 Å². The van der Waals surface area contributed by atoms with Gasteiger partial charge in [-0.3, -0.25) is 9.59 Å². The fourth-order valence-corrected chi connectivity index (χ4v) is 3.88. The summed E-state index contributed by atoms with van der Waals surface area (Å²) in [5.74, 6) is 0.260. The highest BCUT2D eigenvalue weighted by Crippen LogP contribution is 2.30. The Kier molecular flexibility index (Phi) is 7.20. The molecule has 0 spiro atoms. The molecule has 1 aliphatic heterocycles. The lowest BCUT2D eigenvalue weighted by Gasteiger charge is -2.31. The molecule has 0 atom stereocenters. The van der Waals surface area contributed by atoms with Crippen molar-refractivity contribution in [3.63, 3.8) is 0 Å². The molecule has 0 unspecified atom stereocenters. The normalized spacial score (nSPS) is 28.6. The van der Waals surface area contributed by atoms with Crippen LogP contribution in [0, 0.1) is 11.8 Å². The minimum absolute atomic E-state index is 0.00777. The smallest absolute Gasteiger partial charge is 0.225 e. The third kappa shape index (κ3) is 5.29. The molecule has 1 saturated heterocycles. The second kappa shape index (κ2) is 9.16. The van der Waals surface area contributed by atoms with E-state index in [9.17, 15) is 9.59 Å². The van der Waals surface area contributed by atoms with E-state index in [-0.39, 0.29) is 17.7 Å². The van der Waals surface area contributed by atoms with Crippen LogP contribution in [0.4, 0.5) is 0 Å². The minimum Gasteiger partial charge on any atom is -0.369 e. The highest BCUT2D eigenvalue weighted by Gasteiger charge is 2.31. The summed E-state index contributed by atoms with van der Waals surface area (Å²) in [6.07, 6.45) is 13.4. The topological polar surface area (TPSA) is 63.4 Å². The first-order valence-electron chi connectivity index (χ1n) is 9.26. The maximum atomic E-state index is 12.8. The highest BCUT2D eigenvalue weighted by atomic mass is 16.2. The van der Waals surface area contributed by atoms with E-state index in [0.29, 0.717) is 5.91 Å². The summed E-state index contributed by atoms with van der Waals surface area (Å²) in [5.41, 5.74) is 5.38. The Balaban J connectivity index is 1.84. The van der Waals surface area contributed by atoms with E-state index in [4.69, 9.17) is 5.73 Å². The summed E-state index contributed by atoms with van der Waals surface area (Å²) in [5, 5.41) is 0. The Morgan fingerprint density at radius 3 is 1.55 bits per heavy atom. The van der Waals surface area contributed by atoms with Crippen molar-refractivity contribution in [2.24, 2.45) is 17.6 Å². The van der Waals surface area contributed by atoms with Gasteiger partial charge in [0.15, 0.2) is 0 Å². The molecule has 2 aliphatic rings. The van der Waals surface area contributed by atoms with E-state index in [0.717, 1.165) is 51.6 Å². The van der Waals surface area contributed by atoms with Gasteiger partial charge >= 0.3 is 0 Å². The molecule has 1 aliphatic carbocycles. The maximum Gasteiger partial charge on any atom is 0.225 e. The average Bonchev–Trinajstić information content (AvgIpc) is 2.59. The summed E-state index contributed by atoms with van der Waals surface area (Å²) in [6.45, 7) is 1.85. The van der Waals surface area contributed by atoms with Gasteiger partial charge in [0, 0.05) is 24.9 Å². The fourth-order valence-electron chi connectivity index (χ4n) is 3.88. The molecule has 1 saturated carbocycles. The number of nitrogens with two attached hydrogens (primary N) is 1. The molecule has 2 N–H and O–H groups in total. The van der Waals surface area contributed by atoms with Gasteiger partial charge in [-0.15, -0.1) is 0 Å². The molecule has 0 radical (unpaired) electrons. The molecule has 2 fully saturated rings. The van der Waals surface area contributed by atoms with Gasteiger partial charge in [0.25, 0.3) is 0 Å². The lowest BCUT2D eigenvalue weighted by Crippen LogP contribution is -2.40. The van der Waals surface area contributed by atoms with Crippen LogP contribution >= 0.6 is 0 Å². The lowest BCUT2D eigenvalue weighted by atomic mass is 9.81. The van der Waals surface area contributed by atoms with E-state index < -0.39 is 0 Å². The first-order chi connectivity index (χ1) is 10.7. The predicted octanol–water partition coefficient (Wildman–Crippen LogP) is 3.24. The van der Waals surface area contributed by atoms with E-state index >= 15 is 0 Å². The van der Waals surface area contributed by atoms with E-state index in [1.54, 1.807) is 0 Å². The summed E-state index contributed by atoms with van der Waals surface area (Å²) in [4.78, 5) is 26.1. The highest BCUT2D eigenvalue weighted by molar-refractivity contribution is 5.80. The summed E-state index contributed by atoms with van der Waals surface area (Å²) >= 11 is 0. The summed E-state index contributed by atoms with van der Waals surface area (Å²) < 4.78 is 0. The van der Waals surface area contributed by atoms with E-state index in [1.165, 1.54) is 38.5 Å². The molecule has 0 aromatic carbocycles. The van der Waals surface area contributed by atoms with Crippen LogP contribution in [0.2, 0.25) is 0 Å². The number of hydrogen-bond donors (Lipinski definition) is 1. The van der Waals surface area contributed by atoms with Crippen LogP contribution in [-0.4, -0.2) is 29.8 Å². The Bertz CT molecular complexity index is 350. The molecule has 2 amide bonds. The van der Waals surface area contributed by atoms with Crippen LogP contribution in [0.5, 0.6) is 0 Å². The standard InChI is InChI=1S/C18H32N2O2/c19-17(21)15-9-11-16(12-10-15)18(22)20-13-7-5-3-1-2-4-6-8-14-20/h15-16H,1-14H2,(H2,19,21). The molecule has 0 bridgehead atoms. The van der Waals surface area contributed by atoms with Gasteiger partial charge in [-0.25, -0.2) is 0 Å². The summed E-state index contributed by atoms with van der Waals surface area (Å²) in [6, 6.07) is 0. The molecule has 4 heteroatoms. The van der Waals surface area contributed by atoms with Gasteiger partial charge in [0.05, 0.1) is 0 Å². The Morgan fingerprint density at radius 1 is 0.682 bits per heavy atom. The predicted molar refractivity (Wildman–Crippen MR) is 88.2 cm³/mol. The zero-order chi connectivity index (χ0) is 15.8. The SMILES string of the molecule is NC(=O)C1CCC(C(=O)N2CCCCCCCCCC2)CC1. The third-order valence-corrected chi connectivity index (χ3v) is 5.40. The van der Waals surface area contributed by atoms with Gasteiger partial charge in [0.2, 0.25) is 11.8 Å². The van der Waals surface area contributed by atoms with Crippen molar-refractivity contribution in [3.05, 3.63) is 0 Å². The van der Waals surface area contributed by atoms with Crippen molar-refractivity contribution in [1.82, 2.24) is 4.90 Å². The first-order valence-corrected chi connectivity index (χ1v) is 9.26. The quantitative estimate of drug-likeness (QED) is 0.851. The molecular weight excluding hydrogens is 276 g/mol. The number of carbonyl (C=O) groups is 2. The molecule has 1 heterocycles. The zero-order valence-electron chi connectivity index (χ0n) is 13.9. The lowest BCUT2D eigenvalue weighted by molar-refractivity contribution is -0.138. The second-order valence-electron chi connectivity index (χ2n) is 7.10. The molecule has 0 aromatic heterocycles. The van der Waals surface area contributed by atoms with Crippen molar-refractivity contribution in [1.29, 1.82) is 0 Å². The van der Waals surface area contributed by atoms with Crippen LogP contribution in [0.3, 0.4) is 0 Å². The second-order valence-corrected chi connectivity index (χ2v) is 7.10. The van der Waals surface area contributed by atoms with Crippen LogP contribution < -0.4 is 5.73 Å². The average molecular weight is 308 g/mol. The molecule has 4 nitrogen and oxygen atoms in total. The number of carbonyl (C=O) groups excluding carboxylic acids is 2. The number of amides is 2. The Hall–Kier alpha value is -1.06. The molecule has 2 rings (SSSR count). The third-order valence-electron chi connectivity index (χ3n) is 5.40. The maximum absolute atomic E-state index is 12.8. The summed E-state index contributed by atoms with van der Waals surface area (Å²) in [7, 11) is 0. The zero-order valence-corrected chi connectivity index (χ0v) is 13.9. The van der Waals surface area contributed by atoms with Gasteiger partial charge < -0.3 is 10.6 Å². The first kappa shape index (κ1) is 17.3. The number of hydrogen-bond acceptors (Lipinski definition) is 2. The van der Waals surface area contributed by atoms with E-state index in [2.05, 4.69) is 4.90 Å². The van der Waals surface area contributed by atoms with E-state index in [1.807, 2.05) is 0 Å². The Morgan fingerprint density at radius 2 is 1.09 bits per heavy atom. The molecule has 22 heavy (non-hydrogen) atoms. The van der Waals surface area contributed by atoms with Crippen LogP contribution in [-0.2, 0) is 9.59 Å². The number of rotatable bonds is 2. The van der Waals surface area contributed by atoms with Crippen LogP contribution in [0.25, 0.3) is 0 Å². The Labute approximate surface area is 134 Å². The monoisotopic (exact) mass is 308 g/mol. The van der Waals surface area contributed by atoms with Crippen LogP contribution in [0.15, 0.2) is 0 Å². The van der Waals surface area contributed by atoms with Crippen molar-refractivity contribution < 1.29 is 9.59 Å². The molecular formula is C18H32N2O2. The van der Waals surface area contributed by atoms with Crippen molar-refractivity contribution >= 4 is 11.8 Å². The van der Waals surface area contributed by atoms with Gasteiger partial charge in [-0.2, -0.15) is 0 Å². The van der Waals surface area contributed by atoms with Gasteiger partial charge in [0.1, 0.15) is 0 Å². The minimum atomic E-state index is -0.193. The molecule has 126 valence electrons. The van der Waals surface area contributed by atoms with Gasteiger partial charge in [-0.1, -0.05) is 38.5 Å². The van der Waals surface area contributed by atoms with Crippen molar-refractivity contribution in [3.8, 4) is 0 Å². The fraction of sp³-hybridized carbons (Fsp3) is 0.889. The van der Waals surface area contributed by atoms with Gasteiger partial charge in [-0.05, 0) is 38.5 Å². The molecule has 0 aromatic rings.